The van der Waals surface area contributed by atoms with Crippen molar-refractivity contribution in [3.8, 4) is 0 Å². The summed E-state index contributed by atoms with van der Waals surface area (Å²) in [6.45, 7) is 0. The van der Waals surface area contributed by atoms with E-state index in [0.29, 0.717) is 0 Å². The smallest absolute Gasteiger partial charge is 0.374 e. The van der Waals surface area contributed by atoms with Gasteiger partial charge in [0.15, 0.2) is 0 Å². The first-order chi connectivity index (χ1) is 12.1. The largest absolute Gasteiger partial charge is 0.475 e. The molecule has 25 heavy (non-hydrogen) atoms. The zero-order chi connectivity index (χ0) is 17.4. The van der Waals surface area contributed by atoms with Gasteiger partial charge in [0.1, 0.15) is 5.82 Å². The van der Waals surface area contributed by atoms with Crippen molar-refractivity contribution < 1.29 is 14.7 Å². The molecule has 4 rings (SSSR count). The summed E-state index contributed by atoms with van der Waals surface area (Å²) >= 11 is 0. The van der Waals surface area contributed by atoms with E-state index in [9.17, 15) is 9.59 Å². The number of aromatic nitrogens is 3. The van der Waals surface area contributed by atoms with Gasteiger partial charge in [0.2, 0.25) is 11.7 Å². The van der Waals surface area contributed by atoms with E-state index in [0.717, 1.165) is 22.9 Å². The molecular weight excluding hydrogens is 320 g/mol. The quantitative estimate of drug-likeness (QED) is 0.759. The molecule has 1 aliphatic carbocycles. The summed E-state index contributed by atoms with van der Waals surface area (Å²) < 4.78 is 0. The van der Waals surface area contributed by atoms with Gasteiger partial charge in [-0.1, -0.05) is 18.2 Å². The fourth-order valence-electron chi connectivity index (χ4n) is 3.02. The normalized spacial score (nSPS) is 18.7. The van der Waals surface area contributed by atoms with E-state index in [4.69, 9.17) is 5.11 Å². The monoisotopic (exact) mass is 334 g/mol. The van der Waals surface area contributed by atoms with E-state index in [1.807, 2.05) is 30.3 Å². The number of anilines is 1. The lowest BCUT2D eigenvalue weighted by Crippen LogP contribution is -2.17. The Balaban J connectivity index is 1.52. The molecule has 2 atom stereocenters. The molecule has 1 aromatic carbocycles. The first kappa shape index (κ1) is 15.2. The van der Waals surface area contributed by atoms with E-state index < -0.39 is 5.97 Å². The summed E-state index contributed by atoms with van der Waals surface area (Å²) in [6, 6.07) is 11.3. The topological polar surface area (TPSA) is 105 Å². The molecule has 0 unspecified atom stereocenters. The summed E-state index contributed by atoms with van der Waals surface area (Å²) in [7, 11) is 0. The Morgan fingerprint density at radius 1 is 1.08 bits per heavy atom. The van der Waals surface area contributed by atoms with E-state index in [2.05, 4.69) is 20.3 Å². The fourth-order valence-corrected chi connectivity index (χ4v) is 3.02. The number of pyridine rings is 1. The summed E-state index contributed by atoms with van der Waals surface area (Å²) in [6.07, 6.45) is 3.82. The van der Waals surface area contributed by atoms with Gasteiger partial charge >= 0.3 is 5.97 Å². The molecule has 0 saturated heterocycles. The molecule has 2 heterocycles. The molecule has 0 aliphatic heterocycles. The molecule has 2 N–H and O–H groups in total. The lowest BCUT2D eigenvalue weighted by Gasteiger charge is -2.06. The third-order valence-corrected chi connectivity index (χ3v) is 4.31. The first-order valence-electron chi connectivity index (χ1n) is 7.84. The number of hydrogen-bond acceptors (Lipinski definition) is 5. The number of hydrogen-bond donors (Lipinski definition) is 2. The van der Waals surface area contributed by atoms with Crippen LogP contribution >= 0.6 is 0 Å². The highest BCUT2D eigenvalue weighted by Gasteiger charge is 2.44. The SMILES string of the molecule is O=C(O)c1nccc(NC(=O)[C@@H]2C[C@H]2c2ccnc3ccccc23)n1. The standard InChI is InChI=1S/C18H14N4O3/c23-17(22-15-6-8-20-16(21-15)18(24)25)13-9-12(13)10-5-7-19-14-4-2-1-3-11(10)14/h1-8,12-13H,9H2,(H,24,25)(H,20,21,22,23)/t12-,13+/m0/s1. The number of nitrogens with one attached hydrogen (secondary N) is 1. The second-order valence-electron chi connectivity index (χ2n) is 5.93. The van der Waals surface area contributed by atoms with Gasteiger partial charge in [-0.3, -0.25) is 9.78 Å². The Bertz CT molecular complexity index is 983. The minimum absolute atomic E-state index is 0.133. The maximum absolute atomic E-state index is 12.4. The average molecular weight is 334 g/mol. The molecular formula is C18H14N4O3. The molecule has 0 bridgehead atoms. The lowest BCUT2D eigenvalue weighted by atomic mass is 10.0. The molecule has 7 nitrogen and oxygen atoms in total. The molecule has 3 aromatic rings. The van der Waals surface area contributed by atoms with Crippen LogP contribution in [0.15, 0.2) is 48.8 Å². The number of carbonyl (C=O) groups is 2. The molecule has 0 radical (unpaired) electrons. The van der Waals surface area contributed by atoms with Crippen molar-refractivity contribution in [3.05, 3.63) is 60.2 Å². The number of carboxylic acid groups (broad SMARTS) is 1. The van der Waals surface area contributed by atoms with E-state index in [1.54, 1.807) is 6.20 Å². The number of aromatic carboxylic acids is 1. The molecule has 1 amide bonds. The number of para-hydroxylation sites is 1. The summed E-state index contributed by atoms with van der Waals surface area (Å²) in [5.74, 6) is -1.57. The van der Waals surface area contributed by atoms with Crippen LogP contribution in [-0.2, 0) is 4.79 Å². The average Bonchev–Trinajstić information content (AvgIpc) is 3.42. The number of carbonyl (C=O) groups excluding carboxylic acids is 1. The first-order valence-corrected chi connectivity index (χ1v) is 7.84. The second-order valence-corrected chi connectivity index (χ2v) is 5.93. The van der Waals surface area contributed by atoms with Gasteiger partial charge in [-0.25, -0.2) is 14.8 Å². The lowest BCUT2D eigenvalue weighted by molar-refractivity contribution is -0.117. The van der Waals surface area contributed by atoms with Gasteiger partial charge in [0.05, 0.1) is 5.52 Å². The van der Waals surface area contributed by atoms with Crippen molar-refractivity contribution >= 4 is 28.6 Å². The number of fused-ring (bicyclic) bond motifs is 1. The van der Waals surface area contributed by atoms with Crippen molar-refractivity contribution in [2.75, 3.05) is 5.32 Å². The molecule has 2 aromatic heterocycles. The van der Waals surface area contributed by atoms with Crippen LogP contribution in [0, 0.1) is 5.92 Å². The van der Waals surface area contributed by atoms with Gasteiger partial charge in [0.25, 0.3) is 0 Å². The zero-order valence-corrected chi connectivity index (χ0v) is 13.1. The molecule has 124 valence electrons. The number of benzene rings is 1. The highest BCUT2D eigenvalue weighted by Crippen LogP contribution is 2.49. The van der Waals surface area contributed by atoms with Crippen LogP contribution in [0.25, 0.3) is 10.9 Å². The third-order valence-electron chi connectivity index (χ3n) is 4.31. The molecule has 7 heteroatoms. The van der Waals surface area contributed by atoms with Crippen LogP contribution < -0.4 is 5.32 Å². The minimum Gasteiger partial charge on any atom is -0.475 e. The van der Waals surface area contributed by atoms with Gasteiger partial charge in [-0.15, -0.1) is 0 Å². The van der Waals surface area contributed by atoms with Crippen LogP contribution in [0.2, 0.25) is 0 Å². The van der Waals surface area contributed by atoms with E-state index >= 15 is 0 Å². The van der Waals surface area contributed by atoms with Gasteiger partial charge in [0, 0.05) is 23.7 Å². The van der Waals surface area contributed by atoms with Gasteiger partial charge in [-0.05, 0) is 36.1 Å². The van der Waals surface area contributed by atoms with Crippen molar-refractivity contribution in [1.82, 2.24) is 15.0 Å². The highest BCUT2D eigenvalue weighted by atomic mass is 16.4. The van der Waals surface area contributed by atoms with Crippen molar-refractivity contribution in [2.45, 2.75) is 12.3 Å². The van der Waals surface area contributed by atoms with Crippen LogP contribution in [0.3, 0.4) is 0 Å². The van der Waals surface area contributed by atoms with Crippen LogP contribution in [0.1, 0.15) is 28.5 Å². The van der Waals surface area contributed by atoms with Crippen molar-refractivity contribution in [2.24, 2.45) is 5.92 Å². The fraction of sp³-hybridized carbons (Fsp3) is 0.167. The Morgan fingerprint density at radius 2 is 1.88 bits per heavy atom. The number of carboxylic acids is 1. The van der Waals surface area contributed by atoms with E-state index in [-0.39, 0.29) is 29.4 Å². The number of rotatable bonds is 4. The Kier molecular flexibility index (Phi) is 3.61. The zero-order valence-electron chi connectivity index (χ0n) is 13.1. The third kappa shape index (κ3) is 2.91. The van der Waals surface area contributed by atoms with E-state index in [1.165, 1.54) is 12.3 Å². The van der Waals surface area contributed by atoms with Gasteiger partial charge in [-0.2, -0.15) is 0 Å². The van der Waals surface area contributed by atoms with Crippen LogP contribution in [0.4, 0.5) is 5.82 Å². The predicted molar refractivity (Wildman–Crippen MR) is 90.2 cm³/mol. The summed E-state index contributed by atoms with van der Waals surface area (Å²) in [5, 5.41) is 12.6. The Labute approximate surface area is 142 Å². The number of nitrogens with zero attached hydrogens (tertiary/aromatic N) is 3. The predicted octanol–water partition coefficient (Wildman–Crippen LogP) is 2.47. The second kappa shape index (κ2) is 5.94. The summed E-state index contributed by atoms with van der Waals surface area (Å²) in [4.78, 5) is 35.1. The molecule has 1 aliphatic rings. The van der Waals surface area contributed by atoms with Crippen LogP contribution in [-0.4, -0.2) is 31.9 Å². The van der Waals surface area contributed by atoms with Crippen molar-refractivity contribution in [1.29, 1.82) is 0 Å². The van der Waals surface area contributed by atoms with Crippen LogP contribution in [0.5, 0.6) is 0 Å². The minimum atomic E-state index is -1.23. The summed E-state index contributed by atoms with van der Waals surface area (Å²) in [5.41, 5.74) is 2.02. The molecule has 1 saturated carbocycles. The maximum Gasteiger partial charge on any atom is 0.374 e. The maximum atomic E-state index is 12.4. The Hall–Kier alpha value is -3.35. The molecule has 1 fully saturated rings. The van der Waals surface area contributed by atoms with Gasteiger partial charge < -0.3 is 10.4 Å². The number of amides is 1. The molecule has 0 spiro atoms. The highest BCUT2D eigenvalue weighted by molar-refractivity contribution is 5.96. The van der Waals surface area contributed by atoms with Crippen molar-refractivity contribution in [3.63, 3.8) is 0 Å². The Morgan fingerprint density at radius 3 is 2.72 bits per heavy atom.